The van der Waals surface area contributed by atoms with Gasteiger partial charge in [0.1, 0.15) is 0 Å². The molecule has 0 aliphatic heterocycles. The molecular weight excluding hydrogens is 222 g/mol. The minimum Gasteiger partial charge on any atom is -0.392 e. The Bertz CT molecular complexity index is 400. The maximum absolute atomic E-state index is 9.05. The van der Waals surface area contributed by atoms with E-state index >= 15 is 0 Å². The fourth-order valence-electron chi connectivity index (χ4n) is 1.18. The van der Waals surface area contributed by atoms with Crippen molar-refractivity contribution in [1.29, 1.82) is 5.26 Å². The number of hydrazine groups is 2. The number of nitrogens with zero attached hydrogens (tertiary/aromatic N) is 2. The lowest BCUT2D eigenvalue weighted by atomic mass is 10.1. The molecule has 7 nitrogen and oxygen atoms in total. The summed E-state index contributed by atoms with van der Waals surface area (Å²) in [5.41, 5.74) is 3.44. The number of aliphatic hydroxyl groups is 1. The van der Waals surface area contributed by atoms with Crippen LogP contribution in [0.3, 0.4) is 0 Å². The number of hydrogen-bond acceptors (Lipinski definition) is 6. The first kappa shape index (κ1) is 14.9. The summed E-state index contributed by atoms with van der Waals surface area (Å²) in [6.07, 6.45) is 0.403. The van der Waals surface area contributed by atoms with Crippen LogP contribution in [-0.2, 0) is 11.4 Å². The molecular formula is C10H15N5O2. The number of amides is 1. The summed E-state index contributed by atoms with van der Waals surface area (Å²) in [5.74, 6) is 9.94. The second-order valence-corrected chi connectivity index (χ2v) is 2.97. The van der Waals surface area contributed by atoms with Gasteiger partial charge in [0.25, 0.3) is 0 Å². The number of nitriles is 1. The summed E-state index contributed by atoms with van der Waals surface area (Å²) in [4.78, 5) is 8.94. The number of nitrogens with one attached hydrogen (secondary N) is 1. The molecule has 17 heavy (non-hydrogen) atoms. The number of carbonyl (C=O) groups excluding carboxylic acids is 1. The number of rotatable bonds is 3. The second kappa shape index (κ2) is 8.06. The molecule has 6 N–H and O–H groups in total. The molecule has 0 aromatic heterocycles. The molecule has 0 aliphatic carbocycles. The summed E-state index contributed by atoms with van der Waals surface area (Å²) in [6, 6.07) is 7.14. The molecule has 7 heteroatoms. The average molecular weight is 237 g/mol. The zero-order valence-corrected chi connectivity index (χ0v) is 9.42. The maximum Gasteiger partial charge on any atom is 0.221 e. The van der Waals surface area contributed by atoms with Gasteiger partial charge in [0.2, 0.25) is 6.41 Å². The lowest BCUT2D eigenvalue weighted by Gasteiger charge is -2.16. The van der Waals surface area contributed by atoms with Gasteiger partial charge in [-0.3, -0.25) is 10.2 Å². The van der Waals surface area contributed by atoms with Gasteiger partial charge < -0.3 is 10.1 Å². The van der Waals surface area contributed by atoms with Crippen molar-refractivity contribution < 1.29 is 9.90 Å². The van der Waals surface area contributed by atoms with Gasteiger partial charge in [-0.25, -0.2) is 11.7 Å². The van der Waals surface area contributed by atoms with Gasteiger partial charge in [-0.2, -0.15) is 5.26 Å². The molecule has 0 fully saturated rings. The number of anilines is 1. The quantitative estimate of drug-likeness (QED) is 0.230. The molecule has 0 bridgehead atoms. The van der Waals surface area contributed by atoms with Crippen LogP contribution in [0, 0.1) is 11.3 Å². The molecule has 92 valence electrons. The highest BCUT2D eigenvalue weighted by molar-refractivity contribution is 5.58. The molecule has 0 unspecified atom stereocenters. The van der Waals surface area contributed by atoms with Crippen LogP contribution >= 0.6 is 0 Å². The minimum absolute atomic E-state index is 0.180. The third-order valence-electron chi connectivity index (χ3n) is 1.88. The molecule has 0 heterocycles. The van der Waals surface area contributed by atoms with Crippen molar-refractivity contribution in [2.24, 2.45) is 11.7 Å². The van der Waals surface area contributed by atoms with Crippen molar-refractivity contribution in [3.63, 3.8) is 0 Å². The smallest absolute Gasteiger partial charge is 0.221 e. The van der Waals surface area contributed by atoms with Crippen molar-refractivity contribution in [2.75, 3.05) is 12.1 Å². The monoisotopic (exact) mass is 237 g/mol. The third-order valence-corrected chi connectivity index (χ3v) is 1.88. The SMILES string of the molecule is CN(N)c1cccc(C#N)c1CO.NNC=O. The fraction of sp³-hybridized carbons (Fsp3) is 0.200. The van der Waals surface area contributed by atoms with Crippen LogP contribution in [0.5, 0.6) is 0 Å². The molecule has 0 atom stereocenters. The van der Waals surface area contributed by atoms with E-state index < -0.39 is 0 Å². The number of benzene rings is 1. The van der Waals surface area contributed by atoms with E-state index in [0.29, 0.717) is 23.2 Å². The highest BCUT2D eigenvalue weighted by Gasteiger charge is 2.08. The van der Waals surface area contributed by atoms with Crippen LogP contribution in [-0.4, -0.2) is 18.6 Å². The lowest BCUT2D eigenvalue weighted by Crippen LogP contribution is -2.26. The van der Waals surface area contributed by atoms with Crippen molar-refractivity contribution in [2.45, 2.75) is 6.61 Å². The average Bonchev–Trinajstić information content (AvgIpc) is 2.37. The Morgan fingerprint density at radius 1 is 1.65 bits per heavy atom. The largest absolute Gasteiger partial charge is 0.392 e. The van der Waals surface area contributed by atoms with Crippen LogP contribution < -0.4 is 22.1 Å². The van der Waals surface area contributed by atoms with Crippen LogP contribution in [0.1, 0.15) is 11.1 Å². The summed E-state index contributed by atoms with van der Waals surface area (Å²) in [5, 5.41) is 19.2. The molecule has 0 spiro atoms. The zero-order valence-electron chi connectivity index (χ0n) is 9.42. The van der Waals surface area contributed by atoms with Crippen molar-refractivity contribution >= 4 is 12.1 Å². The van der Waals surface area contributed by atoms with E-state index in [1.54, 1.807) is 30.7 Å². The van der Waals surface area contributed by atoms with Crippen LogP contribution in [0.4, 0.5) is 5.69 Å². The number of aliphatic hydroxyl groups excluding tert-OH is 1. The first-order chi connectivity index (χ1) is 8.12. The number of nitrogens with two attached hydrogens (primary N) is 2. The van der Waals surface area contributed by atoms with E-state index in [0.717, 1.165) is 0 Å². The highest BCUT2D eigenvalue weighted by Crippen LogP contribution is 2.20. The van der Waals surface area contributed by atoms with E-state index in [1.807, 2.05) is 6.07 Å². The molecule has 0 saturated carbocycles. The van der Waals surface area contributed by atoms with Crippen LogP contribution in [0.15, 0.2) is 18.2 Å². The van der Waals surface area contributed by atoms with Gasteiger partial charge in [0.15, 0.2) is 0 Å². The Kier molecular flexibility index (Phi) is 7.05. The molecule has 1 aromatic rings. The van der Waals surface area contributed by atoms with Gasteiger partial charge in [-0.05, 0) is 12.1 Å². The third kappa shape index (κ3) is 4.48. The van der Waals surface area contributed by atoms with Gasteiger partial charge in [-0.15, -0.1) is 0 Å². The van der Waals surface area contributed by atoms with Crippen molar-refractivity contribution in [1.82, 2.24) is 5.43 Å². The molecule has 0 saturated heterocycles. The zero-order chi connectivity index (χ0) is 13.3. The Morgan fingerprint density at radius 3 is 2.59 bits per heavy atom. The second-order valence-electron chi connectivity index (χ2n) is 2.97. The summed E-state index contributed by atoms with van der Waals surface area (Å²) in [7, 11) is 1.66. The Hall–Kier alpha value is -2.14. The molecule has 0 aliphatic rings. The molecule has 1 amide bonds. The molecule has 0 radical (unpaired) electrons. The lowest BCUT2D eigenvalue weighted by molar-refractivity contribution is -0.109. The molecule has 1 rings (SSSR count). The standard InChI is InChI=1S/C9H11N3O.CH4N2O/c1-12(11)9-4-2-3-7(5-10)8(9)6-13;2-3-1-4/h2-4,13H,6,11H2,1H3;1H,2H2,(H,3,4). The summed E-state index contributed by atoms with van der Waals surface area (Å²) < 4.78 is 0. The predicted molar refractivity (Wildman–Crippen MR) is 63.1 cm³/mol. The first-order valence-corrected chi connectivity index (χ1v) is 4.63. The van der Waals surface area contributed by atoms with E-state index in [2.05, 4.69) is 5.84 Å². The number of carbonyl (C=O) groups is 1. The normalized spacial score (nSPS) is 8.41. The van der Waals surface area contributed by atoms with Gasteiger partial charge in [0, 0.05) is 12.6 Å². The summed E-state index contributed by atoms with van der Waals surface area (Å²) >= 11 is 0. The van der Waals surface area contributed by atoms with Crippen molar-refractivity contribution in [3.8, 4) is 6.07 Å². The van der Waals surface area contributed by atoms with Crippen molar-refractivity contribution in [3.05, 3.63) is 29.3 Å². The predicted octanol–water partition coefficient (Wildman–Crippen LogP) is -1.03. The van der Waals surface area contributed by atoms with Crippen LogP contribution in [0.2, 0.25) is 0 Å². The summed E-state index contributed by atoms with van der Waals surface area (Å²) in [6.45, 7) is -0.180. The van der Waals surface area contributed by atoms with Gasteiger partial charge >= 0.3 is 0 Å². The number of hydrogen-bond donors (Lipinski definition) is 4. The maximum atomic E-state index is 9.05. The van der Waals surface area contributed by atoms with Crippen LogP contribution in [0.25, 0.3) is 0 Å². The molecule has 1 aromatic carbocycles. The fourth-order valence-corrected chi connectivity index (χ4v) is 1.18. The Morgan fingerprint density at radius 2 is 2.24 bits per heavy atom. The van der Waals surface area contributed by atoms with E-state index in [9.17, 15) is 0 Å². The minimum atomic E-state index is -0.180. The van der Waals surface area contributed by atoms with Gasteiger partial charge in [0.05, 0.1) is 23.9 Å². The first-order valence-electron chi connectivity index (χ1n) is 4.63. The van der Waals surface area contributed by atoms with E-state index in [4.69, 9.17) is 21.0 Å². The Balaban J connectivity index is 0.000000557. The topological polar surface area (TPSA) is 128 Å². The highest BCUT2D eigenvalue weighted by atomic mass is 16.3. The van der Waals surface area contributed by atoms with E-state index in [1.165, 1.54) is 5.01 Å². The Labute approximate surface area is 99.2 Å². The van der Waals surface area contributed by atoms with Gasteiger partial charge in [-0.1, -0.05) is 6.07 Å². The van der Waals surface area contributed by atoms with E-state index in [-0.39, 0.29) is 6.61 Å².